The topological polar surface area (TPSA) is 118 Å². The Hall–Kier alpha value is -0.530. The Labute approximate surface area is 126 Å². The lowest BCUT2D eigenvalue weighted by Crippen LogP contribution is -2.48. The van der Waals surface area contributed by atoms with Crippen molar-refractivity contribution in [2.75, 3.05) is 0 Å². The predicted molar refractivity (Wildman–Crippen MR) is 78.7 cm³/mol. The minimum absolute atomic E-state index is 0.260. The van der Waals surface area contributed by atoms with Crippen LogP contribution in [0.4, 0.5) is 0 Å². The summed E-state index contributed by atoms with van der Waals surface area (Å²) in [6, 6.07) is 0. The number of unbranched alkanes of at least 4 members (excludes halogenated alkanes) is 5. The molecule has 5 N–H and O–H groups in total. The van der Waals surface area contributed by atoms with E-state index in [-0.39, 0.29) is 6.42 Å². The molecule has 0 aliphatic carbocycles. The summed E-state index contributed by atoms with van der Waals surface area (Å²) in [5.41, 5.74) is 0. The molecule has 0 amide bonds. The summed E-state index contributed by atoms with van der Waals surface area (Å²) in [5, 5.41) is 47.4. The first-order chi connectivity index (χ1) is 9.82. The summed E-state index contributed by atoms with van der Waals surface area (Å²) in [7, 11) is 0. The Morgan fingerprint density at radius 3 is 1.90 bits per heavy atom. The van der Waals surface area contributed by atoms with Crippen LogP contribution in [0.15, 0.2) is 0 Å². The summed E-state index contributed by atoms with van der Waals surface area (Å²) in [5.74, 6) is -1.07. The van der Waals surface area contributed by atoms with Gasteiger partial charge in [0.2, 0.25) is 0 Å². The van der Waals surface area contributed by atoms with E-state index in [4.69, 9.17) is 5.11 Å². The van der Waals surface area contributed by atoms with E-state index in [1.165, 1.54) is 13.3 Å². The average molecular weight is 306 g/mol. The van der Waals surface area contributed by atoms with Gasteiger partial charge in [0.05, 0.1) is 12.2 Å². The fourth-order valence-corrected chi connectivity index (χ4v) is 2.09. The molecule has 0 rings (SSSR count). The molecule has 0 aliphatic rings. The number of aliphatic hydroxyl groups is 5. The highest BCUT2D eigenvalue weighted by Crippen LogP contribution is 2.13. The summed E-state index contributed by atoms with van der Waals surface area (Å²) in [6.45, 7) is 3.35. The van der Waals surface area contributed by atoms with E-state index in [2.05, 4.69) is 6.92 Å². The lowest BCUT2D eigenvalue weighted by molar-refractivity contribution is -0.151. The summed E-state index contributed by atoms with van der Waals surface area (Å²) >= 11 is 0. The van der Waals surface area contributed by atoms with E-state index in [0.717, 1.165) is 25.7 Å². The molecule has 0 aliphatic heterocycles. The molecule has 0 saturated heterocycles. The van der Waals surface area contributed by atoms with E-state index in [9.17, 15) is 25.2 Å². The van der Waals surface area contributed by atoms with Gasteiger partial charge >= 0.3 is 0 Å². The molecule has 0 aromatic heterocycles. The third-order valence-electron chi connectivity index (χ3n) is 3.62. The fraction of sp³-hybridized carbons (Fsp3) is 0.933. The quantitative estimate of drug-likeness (QED) is 0.327. The zero-order chi connectivity index (χ0) is 16.4. The Morgan fingerprint density at radius 2 is 1.38 bits per heavy atom. The normalized spacial score (nSPS) is 18.8. The monoisotopic (exact) mass is 306 g/mol. The third-order valence-corrected chi connectivity index (χ3v) is 3.62. The van der Waals surface area contributed by atoms with Crippen LogP contribution in [0.2, 0.25) is 0 Å². The van der Waals surface area contributed by atoms with Crippen LogP contribution in [0.1, 0.15) is 58.8 Å². The highest BCUT2D eigenvalue weighted by atomic mass is 16.4. The lowest BCUT2D eigenvalue weighted by atomic mass is 9.96. The molecule has 0 aromatic rings. The van der Waals surface area contributed by atoms with Gasteiger partial charge in [0.1, 0.15) is 18.3 Å². The molecule has 6 heteroatoms. The Kier molecular flexibility index (Phi) is 10.8. The van der Waals surface area contributed by atoms with Gasteiger partial charge < -0.3 is 25.5 Å². The number of hydrogen-bond acceptors (Lipinski definition) is 6. The largest absolute Gasteiger partial charge is 0.391 e. The van der Waals surface area contributed by atoms with E-state index >= 15 is 0 Å². The minimum atomic E-state index is -1.90. The van der Waals surface area contributed by atoms with Crippen molar-refractivity contribution in [1.29, 1.82) is 0 Å². The molecule has 0 heterocycles. The predicted octanol–water partition coefficient (Wildman–Crippen LogP) is 0.131. The molecular weight excluding hydrogens is 276 g/mol. The van der Waals surface area contributed by atoms with Gasteiger partial charge in [0.25, 0.3) is 0 Å². The second kappa shape index (κ2) is 11.1. The standard InChI is InChI=1S/C15H30O6/c1-3-4-5-6-7-8-9-11(17)13(19)15(21)14(20)12(18)10(2)16/h10-14,16-20H,3-9H2,1-2H3/t10?,11?,12-,13+,14+/m0/s1. The van der Waals surface area contributed by atoms with Crippen LogP contribution in [0.25, 0.3) is 0 Å². The van der Waals surface area contributed by atoms with Crippen LogP contribution in [0, 0.1) is 0 Å². The van der Waals surface area contributed by atoms with Crippen LogP contribution in [0.3, 0.4) is 0 Å². The number of carbonyl (C=O) groups is 1. The highest BCUT2D eigenvalue weighted by Gasteiger charge is 2.35. The summed E-state index contributed by atoms with van der Waals surface area (Å²) in [6.07, 6.45) is -1.52. The molecule has 2 unspecified atom stereocenters. The minimum Gasteiger partial charge on any atom is -0.391 e. The number of hydrogen-bond donors (Lipinski definition) is 5. The summed E-state index contributed by atoms with van der Waals surface area (Å²) in [4.78, 5) is 11.7. The lowest BCUT2D eigenvalue weighted by Gasteiger charge is -2.23. The van der Waals surface area contributed by atoms with Gasteiger partial charge in [0, 0.05) is 0 Å². The van der Waals surface area contributed by atoms with Crippen LogP contribution in [-0.2, 0) is 4.79 Å². The Morgan fingerprint density at radius 1 is 0.857 bits per heavy atom. The second-order valence-corrected chi connectivity index (χ2v) is 5.65. The maximum absolute atomic E-state index is 11.7. The number of Topliss-reactive ketones (excluding diaryl/α,β-unsaturated/α-hetero) is 1. The Bertz CT molecular complexity index is 281. The van der Waals surface area contributed by atoms with Crippen LogP contribution < -0.4 is 0 Å². The number of rotatable bonds is 12. The number of ketones is 1. The maximum Gasteiger partial charge on any atom is 0.195 e. The molecule has 21 heavy (non-hydrogen) atoms. The molecule has 6 nitrogen and oxygen atoms in total. The molecule has 0 aromatic carbocycles. The average Bonchev–Trinajstić information content (AvgIpc) is 2.47. The third kappa shape index (κ3) is 7.87. The number of aliphatic hydroxyl groups excluding tert-OH is 5. The van der Waals surface area contributed by atoms with Crippen molar-refractivity contribution in [2.24, 2.45) is 0 Å². The van der Waals surface area contributed by atoms with E-state index in [1.807, 2.05) is 0 Å². The highest BCUT2D eigenvalue weighted by molar-refractivity contribution is 5.88. The van der Waals surface area contributed by atoms with Gasteiger partial charge in [-0.2, -0.15) is 0 Å². The van der Waals surface area contributed by atoms with Crippen molar-refractivity contribution in [2.45, 2.75) is 89.3 Å². The van der Waals surface area contributed by atoms with Gasteiger partial charge in [-0.05, 0) is 13.3 Å². The molecule has 0 fully saturated rings. The summed E-state index contributed by atoms with van der Waals surface area (Å²) < 4.78 is 0. The molecule has 0 spiro atoms. The van der Waals surface area contributed by atoms with Gasteiger partial charge in [-0.3, -0.25) is 4.79 Å². The van der Waals surface area contributed by atoms with Crippen LogP contribution in [0.5, 0.6) is 0 Å². The van der Waals surface area contributed by atoms with Crippen molar-refractivity contribution < 1.29 is 30.3 Å². The van der Waals surface area contributed by atoms with Crippen molar-refractivity contribution >= 4 is 5.78 Å². The SMILES string of the molecule is CCCCCCCCC(O)[C@@H](O)C(=O)[C@H](O)[C@@H](O)C(C)O. The molecule has 0 radical (unpaired) electrons. The fourth-order valence-electron chi connectivity index (χ4n) is 2.09. The van der Waals surface area contributed by atoms with E-state index in [1.54, 1.807) is 0 Å². The van der Waals surface area contributed by atoms with Crippen molar-refractivity contribution in [3.63, 3.8) is 0 Å². The van der Waals surface area contributed by atoms with Crippen molar-refractivity contribution in [3.8, 4) is 0 Å². The van der Waals surface area contributed by atoms with Crippen LogP contribution in [-0.4, -0.2) is 61.8 Å². The maximum atomic E-state index is 11.7. The second-order valence-electron chi connectivity index (χ2n) is 5.65. The Balaban J connectivity index is 4.07. The molecule has 0 saturated carbocycles. The molecule has 5 atom stereocenters. The number of carbonyl (C=O) groups excluding carboxylic acids is 1. The zero-order valence-electron chi connectivity index (χ0n) is 13.0. The van der Waals surface area contributed by atoms with Crippen molar-refractivity contribution in [1.82, 2.24) is 0 Å². The van der Waals surface area contributed by atoms with Gasteiger partial charge in [-0.1, -0.05) is 45.4 Å². The van der Waals surface area contributed by atoms with Gasteiger partial charge in [-0.15, -0.1) is 0 Å². The molecule has 0 bridgehead atoms. The first kappa shape index (κ1) is 20.5. The van der Waals surface area contributed by atoms with E-state index < -0.39 is 36.3 Å². The molecular formula is C15H30O6. The zero-order valence-corrected chi connectivity index (χ0v) is 13.0. The first-order valence-corrected chi connectivity index (χ1v) is 7.77. The van der Waals surface area contributed by atoms with Crippen LogP contribution >= 0.6 is 0 Å². The van der Waals surface area contributed by atoms with Gasteiger partial charge in [0.15, 0.2) is 5.78 Å². The van der Waals surface area contributed by atoms with Gasteiger partial charge in [-0.25, -0.2) is 0 Å². The smallest absolute Gasteiger partial charge is 0.195 e. The van der Waals surface area contributed by atoms with E-state index in [0.29, 0.717) is 6.42 Å². The first-order valence-electron chi connectivity index (χ1n) is 7.77. The molecule has 126 valence electrons. The van der Waals surface area contributed by atoms with Crippen molar-refractivity contribution in [3.05, 3.63) is 0 Å².